The van der Waals surface area contributed by atoms with Gasteiger partial charge >= 0.3 is 0 Å². The maximum absolute atomic E-state index is 15.2. The molecule has 2 amide bonds. The molecule has 1 atom stereocenters. The maximum Gasteiger partial charge on any atom is 0.266 e. The zero-order valence-corrected chi connectivity index (χ0v) is 51.5. The average molecular weight is 1070 g/mol. The molecule has 0 N–H and O–H groups in total. The van der Waals surface area contributed by atoms with Gasteiger partial charge in [0.1, 0.15) is 0 Å². The summed E-state index contributed by atoms with van der Waals surface area (Å²) in [6.45, 7) is 37.7. The fourth-order valence-corrected chi connectivity index (χ4v) is 15.0. The largest absolute Gasteiger partial charge is 0.340 e. The summed E-state index contributed by atoms with van der Waals surface area (Å²) >= 11 is 0. The van der Waals surface area contributed by atoms with Crippen molar-refractivity contribution >= 4 is 99.5 Å². The topological polar surface area (TPSA) is 45.6 Å². The molecule has 11 rings (SSSR count). The Morgan fingerprint density at radius 1 is 0.469 bits per heavy atom. The molecule has 418 valence electrons. The lowest BCUT2D eigenvalue weighted by molar-refractivity contribution is 0.0892. The lowest BCUT2D eigenvalue weighted by Gasteiger charge is -2.34. The van der Waals surface area contributed by atoms with Crippen LogP contribution in [-0.2, 0) is 17.4 Å². The molecule has 0 fully saturated rings. The van der Waals surface area contributed by atoms with Crippen molar-refractivity contribution in [3.63, 3.8) is 0 Å². The molecule has 1 unspecified atom stereocenters. The van der Waals surface area contributed by atoms with Crippen molar-refractivity contribution in [1.29, 1.82) is 0 Å². The Morgan fingerprint density at radius 2 is 0.951 bits per heavy atom. The zero-order valence-electron chi connectivity index (χ0n) is 51.5. The lowest BCUT2D eigenvalue weighted by atomic mass is 9.72. The van der Waals surface area contributed by atoms with Gasteiger partial charge in [0, 0.05) is 50.9 Å². The highest BCUT2D eigenvalue weighted by Crippen LogP contribution is 2.50. The molecule has 0 bridgehead atoms. The highest BCUT2D eigenvalue weighted by Gasteiger charge is 2.39. The van der Waals surface area contributed by atoms with Crippen LogP contribution in [0, 0.1) is 16.7 Å². The number of rotatable bonds is 16. The number of carbonyl (C=O) groups excluding carboxylic acids is 2. The van der Waals surface area contributed by atoms with Crippen LogP contribution in [0.3, 0.4) is 0 Å². The highest BCUT2D eigenvalue weighted by molar-refractivity contribution is 6.44. The second-order valence-corrected chi connectivity index (χ2v) is 28.6. The number of aromatic nitrogens is 1. The number of unbranched alkanes of at least 4 members (excludes halogenated alkanes) is 1. The Balaban J connectivity index is 1.14. The van der Waals surface area contributed by atoms with Gasteiger partial charge in [-0.1, -0.05) is 209 Å². The lowest BCUT2D eigenvalue weighted by Crippen LogP contribution is -2.41. The van der Waals surface area contributed by atoms with Crippen LogP contribution in [0.1, 0.15) is 204 Å². The summed E-state index contributed by atoms with van der Waals surface area (Å²) in [5.41, 5.74) is 12.9. The number of nitrogens with zero attached hydrogens (tertiary/aromatic N) is 3. The molecule has 0 radical (unpaired) electrons. The number of fused-ring (bicyclic) bond motifs is 6. The highest BCUT2D eigenvalue weighted by atomic mass is 16.2. The van der Waals surface area contributed by atoms with Crippen molar-refractivity contribution in [3.8, 4) is 0 Å². The van der Waals surface area contributed by atoms with E-state index in [9.17, 15) is 0 Å². The molecule has 0 aliphatic carbocycles. The predicted octanol–water partition coefficient (Wildman–Crippen LogP) is 22.0. The van der Waals surface area contributed by atoms with Crippen LogP contribution >= 0.6 is 0 Å². The molecular weight excluding hydrogens is 987 g/mol. The molecule has 1 aromatic heterocycles. The third-order valence-corrected chi connectivity index (χ3v) is 18.1. The summed E-state index contributed by atoms with van der Waals surface area (Å²) in [5, 5.41) is 11.1. The van der Waals surface area contributed by atoms with E-state index in [1.165, 1.54) is 55.0 Å². The summed E-state index contributed by atoms with van der Waals surface area (Å²) in [6, 6.07) is 49.8. The number of anilines is 4. The van der Waals surface area contributed by atoms with Crippen LogP contribution in [0.5, 0.6) is 0 Å². The number of imide groups is 1. The number of hydrogen-bond donors (Lipinski definition) is 0. The van der Waals surface area contributed by atoms with Crippen molar-refractivity contribution < 1.29 is 9.59 Å². The van der Waals surface area contributed by atoms with Gasteiger partial charge in [0.2, 0.25) is 0 Å². The molecule has 2 heterocycles. The number of amides is 2. The molecule has 9 aromatic carbocycles. The number of carbonyl (C=O) groups is 2. The fraction of sp³-hybridized carbons (Fsp3) is 0.395. The Bertz CT molecular complexity index is 3940. The quantitative estimate of drug-likeness (QED) is 0.0550. The normalized spacial score (nSPS) is 14.2. The smallest absolute Gasteiger partial charge is 0.266 e. The van der Waals surface area contributed by atoms with E-state index in [4.69, 9.17) is 0 Å². The van der Waals surface area contributed by atoms with E-state index in [0.29, 0.717) is 17.0 Å². The van der Waals surface area contributed by atoms with Gasteiger partial charge in [0.25, 0.3) is 11.8 Å². The Kier molecular flexibility index (Phi) is 14.1. The van der Waals surface area contributed by atoms with Gasteiger partial charge in [-0.05, 0) is 173 Å². The summed E-state index contributed by atoms with van der Waals surface area (Å²) in [6.07, 6.45) is 6.78. The van der Waals surface area contributed by atoms with Crippen LogP contribution in [0.4, 0.5) is 22.7 Å². The Hall–Kier alpha value is -6.98. The van der Waals surface area contributed by atoms with Gasteiger partial charge in [0.05, 0.1) is 16.7 Å². The fourth-order valence-electron chi connectivity index (χ4n) is 15.0. The molecule has 5 heteroatoms. The van der Waals surface area contributed by atoms with Gasteiger partial charge in [-0.2, -0.15) is 0 Å². The van der Waals surface area contributed by atoms with Crippen molar-refractivity contribution in [3.05, 3.63) is 167 Å². The van der Waals surface area contributed by atoms with E-state index < -0.39 is 0 Å². The van der Waals surface area contributed by atoms with E-state index in [0.717, 1.165) is 105 Å². The van der Waals surface area contributed by atoms with Crippen LogP contribution in [0.15, 0.2) is 133 Å². The van der Waals surface area contributed by atoms with Gasteiger partial charge in [-0.3, -0.25) is 9.59 Å². The van der Waals surface area contributed by atoms with E-state index in [-0.39, 0.29) is 45.3 Å². The number of hydrogen-bond acceptors (Lipinski definition) is 3. The van der Waals surface area contributed by atoms with E-state index in [1.54, 1.807) is 0 Å². The number of benzene rings is 9. The summed E-state index contributed by atoms with van der Waals surface area (Å²) in [4.78, 5) is 34.4. The molecule has 1 aliphatic heterocycles. The summed E-state index contributed by atoms with van der Waals surface area (Å²) in [7, 11) is 0. The van der Waals surface area contributed by atoms with Crippen LogP contribution in [-0.4, -0.2) is 16.4 Å². The first kappa shape index (κ1) is 55.9. The molecule has 0 saturated heterocycles. The van der Waals surface area contributed by atoms with Gasteiger partial charge in [-0.25, -0.2) is 4.90 Å². The van der Waals surface area contributed by atoms with Crippen LogP contribution in [0.25, 0.3) is 64.9 Å². The van der Waals surface area contributed by atoms with Crippen molar-refractivity contribution in [2.24, 2.45) is 16.7 Å². The summed E-state index contributed by atoms with van der Waals surface area (Å²) in [5.74, 6) is 0.210. The third kappa shape index (κ3) is 9.78. The first-order valence-corrected chi connectivity index (χ1v) is 30.5. The van der Waals surface area contributed by atoms with Crippen molar-refractivity contribution in [2.75, 3.05) is 9.80 Å². The molecule has 0 saturated carbocycles. The third-order valence-electron chi connectivity index (χ3n) is 18.1. The van der Waals surface area contributed by atoms with Crippen molar-refractivity contribution in [1.82, 2.24) is 4.57 Å². The predicted molar refractivity (Wildman–Crippen MR) is 349 cm³/mol. The minimum absolute atomic E-state index is 0.0130. The SMILES string of the molecule is CCCCC(CC)Cn1c2cc(N(c3ccc(C(C)(C)CC(C)(C)C)cc3)c3ccc(C(C)(C)CC(C)(C)C)cc3)ccc2c2c3cccc4c5ccc6c7c(ccc(c(cc21)c43)c75)C(=O)N(c1c(C(C)C)cccc1C(C)C)C6=O. The van der Waals surface area contributed by atoms with Gasteiger partial charge in [-0.15, -0.1) is 0 Å². The minimum Gasteiger partial charge on any atom is -0.340 e. The first-order valence-electron chi connectivity index (χ1n) is 30.5. The monoisotopic (exact) mass is 1070 g/mol. The standard InChI is InChI=1S/C76H87N3O2/c1-17-19-22-48(18-2)43-77-64-41-53(78(51-31-27-49(28-32-51)75(13,14)44-73(7,8)9)52-33-29-50(30-34-52)76(15,16)45-74(10,11)12)35-36-59(64)67-60-26-21-25-56-57-37-39-61-69-62(40-38-58(68(57)69)63(66(56)60)42-65(67)77)72(81)79(71(61)80)70-54(46(3)4)23-20-24-55(70)47(5)6/h20-21,23-42,46-48H,17-19,22,43-45H2,1-16H3. The molecule has 81 heavy (non-hydrogen) atoms. The maximum atomic E-state index is 15.2. The second-order valence-electron chi connectivity index (χ2n) is 28.6. The molecule has 0 spiro atoms. The number of para-hydroxylation sites is 1. The summed E-state index contributed by atoms with van der Waals surface area (Å²) < 4.78 is 2.65. The molecular formula is C76H87N3O2. The Labute approximate surface area is 483 Å². The second kappa shape index (κ2) is 20.5. The van der Waals surface area contributed by atoms with Crippen LogP contribution in [0.2, 0.25) is 0 Å². The minimum atomic E-state index is -0.256. The first-order chi connectivity index (χ1) is 38.3. The van der Waals surface area contributed by atoms with Crippen LogP contribution < -0.4 is 9.80 Å². The molecule has 10 aromatic rings. The zero-order chi connectivity index (χ0) is 57.8. The molecule has 5 nitrogen and oxygen atoms in total. The van der Waals surface area contributed by atoms with E-state index in [2.05, 4.69) is 242 Å². The van der Waals surface area contributed by atoms with Gasteiger partial charge in [0.15, 0.2) is 0 Å². The van der Waals surface area contributed by atoms with E-state index >= 15 is 9.59 Å². The molecule has 1 aliphatic rings. The average Bonchev–Trinajstić information content (AvgIpc) is 3.98. The van der Waals surface area contributed by atoms with Gasteiger partial charge < -0.3 is 9.47 Å². The van der Waals surface area contributed by atoms with E-state index in [1.807, 2.05) is 12.1 Å². The Morgan fingerprint density at radius 3 is 1.46 bits per heavy atom. The van der Waals surface area contributed by atoms with Crippen molar-refractivity contribution in [2.45, 2.75) is 179 Å².